The lowest BCUT2D eigenvalue weighted by Gasteiger charge is -2.13. The summed E-state index contributed by atoms with van der Waals surface area (Å²) in [6.45, 7) is 2.45. The van der Waals surface area contributed by atoms with Crippen LogP contribution in [-0.4, -0.2) is 38.0 Å². The zero-order valence-corrected chi connectivity index (χ0v) is 18.0. The lowest BCUT2D eigenvalue weighted by Crippen LogP contribution is -2.22. The maximum absolute atomic E-state index is 13.1. The van der Waals surface area contributed by atoms with E-state index in [-0.39, 0.29) is 17.2 Å². The first-order valence-corrected chi connectivity index (χ1v) is 10.8. The van der Waals surface area contributed by atoms with Crippen molar-refractivity contribution in [3.05, 3.63) is 70.1 Å². The van der Waals surface area contributed by atoms with E-state index in [4.69, 9.17) is 16.3 Å². The third-order valence-corrected chi connectivity index (χ3v) is 5.61. The highest BCUT2D eigenvalue weighted by molar-refractivity contribution is 7.99. The van der Waals surface area contributed by atoms with Crippen molar-refractivity contribution in [2.75, 3.05) is 17.7 Å². The molecule has 8 nitrogen and oxygen atoms in total. The van der Waals surface area contributed by atoms with Crippen molar-refractivity contribution >= 4 is 46.0 Å². The van der Waals surface area contributed by atoms with Crippen LogP contribution < -0.4 is 15.6 Å². The lowest BCUT2D eigenvalue weighted by atomic mass is 10.3. The molecule has 4 rings (SSSR count). The average molecular weight is 456 g/mol. The average Bonchev–Trinajstić information content (AvgIpc) is 3.24. The fourth-order valence-electron chi connectivity index (χ4n) is 2.94. The number of nitrogens with zero attached hydrogens (tertiary/aromatic N) is 3. The molecule has 0 unspecified atom stereocenters. The number of aromatic nitrogens is 4. The van der Waals surface area contributed by atoms with Crippen LogP contribution in [0.25, 0.3) is 16.7 Å². The number of ether oxygens (including phenoxy) is 1. The van der Waals surface area contributed by atoms with Gasteiger partial charge in [-0.05, 0) is 43.3 Å². The SMILES string of the molecule is CCOc1ccc(-n2c(SCC(=O)Nc3ccccc3Cl)nc3[nH]ncc3c2=O)cc1. The molecule has 0 saturated carbocycles. The molecule has 1 amide bonds. The number of nitrogens with one attached hydrogen (secondary N) is 2. The van der Waals surface area contributed by atoms with Gasteiger partial charge in [-0.25, -0.2) is 4.98 Å². The minimum absolute atomic E-state index is 0.0360. The maximum atomic E-state index is 13.1. The zero-order valence-electron chi connectivity index (χ0n) is 16.5. The molecule has 0 atom stereocenters. The molecule has 2 N–H and O–H groups in total. The van der Waals surface area contributed by atoms with Crippen LogP contribution in [0.15, 0.2) is 64.7 Å². The van der Waals surface area contributed by atoms with Crippen molar-refractivity contribution in [1.82, 2.24) is 19.7 Å². The first-order valence-electron chi connectivity index (χ1n) is 9.43. The molecule has 31 heavy (non-hydrogen) atoms. The first-order chi connectivity index (χ1) is 15.1. The molecule has 0 aliphatic rings. The van der Waals surface area contributed by atoms with E-state index in [1.165, 1.54) is 10.8 Å². The van der Waals surface area contributed by atoms with E-state index in [0.29, 0.717) is 44.9 Å². The number of hydrogen-bond donors (Lipinski definition) is 2. The Kier molecular flexibility index (Phi) is 6.24. The van der Waals surface area contributed by atoms with Crippen LogP contribution in [0.5, 0.6) is 5.75 Å². The third-order valence-electron chi connectivity index (χ3n) is 4.34. The number of anilines is 1. The van der Waals surface area contributed by atoms with E-state index >= 15 is 0 Å². The van der Waals surface area contributed by atoms with Gasteiger partial charge in [0.1, 0.15) is 11.1 Å². The summed E-state index contributed by atoms with van der Waals surface area (Å²) in [4.78, 5) is 30.1. The van der Waals surface area contributed by atoms with E-state index in [1.54, 1.807) is 48.5 Å². The fourth-order valence-corrected chi connectivity index (χ4v) is 3.92. The number of thioether (sulfide) groups is 1. The van der Waals surface area contributed by atoms with Crippen LogP contribution in [0, 0.1) is 0 Å². The normalized spacial score (nSPS) is 10.9. The molecule has 0 fully saturated rings. The Labute approximate surface area is 186 Å². The zero-order chi connectivity index (χ0) is 21.8. The Bertz CT molecular complexity index is 1290. The topological polar surface area (TPSA) is 102 Å². The van der Waals surface area contributed by atoms with Crippen LogP contribution in [0.3, 0.4) is 0 Å². The Morgan fingerprint density at radius 2 is 2.00 bits per heavy atom. The molecule has 0 radical (unpaired) electrons. The fraction of sp³-hybridized carbons (Fsp3) is 0.143. The van der Waals surface area contributed by atoms with Crippen molar-refractivity contribution in [1.29, 1.82) is 0 Å². The van der Waals surface area contributed by atoms with Gasteiger partial charge in [-0.1, -0.05) is 35.5 Å². The van der Waals surface area contributed by atoms with Crippen molar-refractivity contribution in [2.24, 2.45) is 0 Å². The molecule has 2 aromatic heterocycles. The second kappa shape index (κ2) is 9.23. The highest BCUT2D eigenvalue weighted by Crippen LogP contribution is 2.24. The highest BCUT2D eigenvalue weighted by atomic mass is 35.5. The summed E-state index contributed by atoms with van der Waals surface area (Å²) in [7, 11) is 0. The van der Waals surface area contributed by atoms with Gasteiger partial charge in [0, 0.05) is 0 Å². The number of amides is 1. The van der Waals surface area contributed by atoms with Crippen LogP contribution in [0.4, 0.5) is 5.69 Å². The molecular formula is C21H18ClN5O3S. The summed E-state index contributed by atoms with van der Waals surface area (Å²) >= 11 is 7.24. The largest absolute Gasteiger partial charge is 0.494 e. The van der Waals surface area contributed by atoms with Gasteiger partial charge in [0.2, 0.25) is 5.91 Å². The maximum Gasteiger partial charge on any atom is 0.269 e. The summed E-state index contributed by atoms with van der Waals surface area (Å²) in [5.74, 6) is 0.467. The van der Waals surface area contributed by atoms with E-state index in [0.717, 1.165) is 11.8 Å². The molecule has 2 aromatic carbocycles. The third kappa shape index (κ3) is 4.57. The summed E-state index contributed by atoms with van der Waals surface area (Å²) in [5, 5.41) is 10.6. The van der Waals surface area contributed by atoms with Gasteiger partial charge in [0.15, 0.2) is 10.8 Å². The molecule has 0 spiro atoms. The van der Waals surface area contributed by atoms with E-state index in [9.17, 15) is 9.59 Å². The minimum Gasteiger partial charge on any atom is -0.494 e. The Morgan fingerprint density at radius 3 is 2.74 bits per heavy atom. The second-order valence-electron chi connectivity index (χ2n) is 6.41. The molecule has 158 valence electrons. The van der Waals surface area contributed by atoms with Crippen molar-refractivity contribution in [3.63, 3.8) is 0 Å². The molecule has 4 aromatic rings. The Balaban J connectivity index is 1.63. The van der Waals surface area contributed by atoms with Crippen molar-refractivity contribution in [3.8, 4) is 11.4 Å². The number of H-pyrrole nitrogens is 1. The standard InChI is InChI=1S/C21H18ClN5O3S/c1-2-30-14-9-7-13(8-10-14)27-20(29)15-11-23-26-19(15)25-21(27)31-12-18(28)24-17-6-4-3-5-16(17)22/h3-11H,2,12H2,1H3,(H,23,26)(H,24,28). The lowest BCUT2D eigenvalue weighted by molar-refractivity contribution is -0.113. The molecule has 0 aliphatic heterocycles. The van der Waals surface area contributed by atoms with Gasteiger partial charge >= 0.3 is 0 Å². The quantitative estimate of drug-likeness (QED) is 0.324. The van der Waals surface area contributed by atoms with E-state index < -0.39 is 0 Å². The number of aromatic amines is 1. The van der Waals surface area contributed by atoms with E-state index in [1.807, 2.05) is 6.92 Å². The van der Waals surface area contributed by atoms with Crippen LogP contribution in [0.1, 0.15) is 6.92 Å². The highest BCUT2D eigenvalue weighted by Gasteiger charge is 2.16. The van der Waals surface area contributed by atoms with Crippen LogP contribution in [0.2, 0.25) is 5.02 Å². The number of benzene rings is 2. The minimum atomic E-state index is -0.281. The first kappa shape index (κ1) is 21.0. The Morgan fingerprint density at radius 1 is 1.23 bits per heavy atom. The predicted octanol–water partition coefficient (Wildman–Crippen LogP) is 3.89. The number of fused-ring (bicyclic) bond motifs is 1. The van der Waals surface area contributed by atoms with Gasteiger partial charge in [0.25, 0.3) is 5.56 Å². The number of halogens is 1. The summed E-state index contributed by atoms with van der Waals surface area (Å²) in [6.07, 6.45) is 1.44. The molecule has 2 heterocycles. The monoisotopic (exact) mass is 455 g/mol. The van der Waals surface area contributed by atoms with Crippen LogP contribution >= 0.6 is 23.4 Å². The number of hydrogen-bond acceptors (Lipinski definition) is 6. The van der Waals surface area contributed by atoms with Gasteiger partial charge in [-0.3, -0.25) is 19.3 Å². The van der Waals surface area contributed by atoms with Gasteiger partial charge < -0.3 is 10.1 Å². The van der Waals surface area contributed by atoms with Crippen molar-refractivity contribution < 1.29 is 9.53 Å². The van der Waals surface area contributed by atoms with Crippen LogP contribution in [-0.2, 0) is 4.79 Å². The number of rotatable bonds is 7. The molecular weight excluding hydrogens is 438 g/mol. The summed E-state index contributed by atoms with van der Waals surface area (Å²) in [5.41, 5.74) is 1.21. The second-order valence-corrected chi connectivity index (χ2v) is 7.76. The Hall–Kier alpha value is -3.30. The summed E-state index contributed by atoms with van der Waals surface area (Å²) < 4.78 is 6.93. The van der Waals surface area contributed by atoms with Gasteiger partial charge in [-0.2, -0.15) is 5.10 Å². The van der Waals surface area contributed by atoms with Gasteiger partial charge in [0.05, 0.1) is 35.0 Å². The van der Waals surface area contributed by atoms with Crippen molar-refractivity contribution in [2.45, 2.75) is 12.1 Å². The number of carbonyl (C=O) groups excluding carboxylic acids is 1. The molecule has 10 heteroatoms. The smallest absolute Gasteiger partial charge is 0.269 e. The number of para-hydroxylation sites is 1. The van der Waals surface area contributed by atoms with E-state index in [2.05, 4.69) is 20.5 Å². The molecule has 0 bridgehead atoms. The molecule has 0 saturated heterocycles. The summed E-state index contributed by atoms with van der Waals surface area (Å²) in [6, 6.07) is 14.1. The van der Waals surface area contributed by atoms with Gasteiger partial charge in [-0.15, -0.1) is 0 Å². The molecule has 0 aliphatic carbocycles. The predicted molar refractivity (Wildman–Crippen MR) is 121 cm³/mol. The number of carbonyl (C=O) groups is 1.